The van der Waals surface area contributed by atoms with Crippen LogP contribution in [0.25, 0.3) is 0 Å². The summed E-state index contributed by atoms with van der Waals surface area (Å²) in [5, 5.41) is 10.8. The van der Waals surface area contributed by atoms with E-state index in [1.807, 2.05) is 0 Å². The first-order valence-corrected chi connectivity index (χ1v) is 6.82. The maximum Gasteiger partial charge on any atom is 0.270 e. The van der Waals surface area contributed by atoms with Crippen LogP contribution in [0.2, 0.25) is 5.02 Å². The highest BCUT2D eigenvalue weighted by Gasteiger charge is 2.11. The number of rotatable bonds is 5. The molecule has 0 heterocycles. The Morgan fingerprint density at radius 1 is 1.24 bits per heavy atom. The number of hydrogen-bond donors (Lipinski definition) is 0. The monoisotopic (exact) mass is 329 g/mol. The van der Waals surface area contributed by atoms with Crippen molar-refractivity contribution in [2.45, 2.75) is 12.5 Å². The molecule has 0 aromatic heterocycles. The van der Waals surface area contributed by atoms with Crippen LogP contribution in [0.15, 0.2) is 36.4 Å². The quantitative estimate of drug-likeness (QED) is 0.453. The van der Waals surface area contributed by atoms with Crippen molar-refractivity contribution < 1.29 is 14.1 Å². The summed E-state index contributed by atoms with van der Waals surface area (Å²) in [6.07, 6.45) is 0. The molecule has 7 heteroatoms. The lowest BCUT2D eigenvalue weighted by Gasteiger charge is -2.09. The number of nitrogens with zero attached hydrogens (tertiary/aromatic N) is 1. The molecule has 0 aliphatic rings. The molecule has 0 amide bonds. The fraction of sp³-hybridized carbons (Fsp3) is 0.143. The summed E-state index contributed by atoms with van der Waals surface area (Å²) in [4.78, 5) is 10.1. The van der Waals surface area contributed by atoms with E-state index in [0.717, 1.165) is 0 Å². The Kier molecular flexibility index (Phi) is 4.98. The van der Waals surface area contributed by atoms with Gasteiger partial charge in [-0.1, -0.05) is 17.7 Å². The lowest BCUT2D eigenvalue weighted by atomic mass is 10.2. The van der Waals surface area contributed by atoms with E-state index in [2.05, 4.69) is 0 Å². The van der Waals surface area contributed by atoms with E-state index >= 15 is 0 Å². The highest BCUT2D eigenvalue weighted by atomic mass is 35.5. The van der Waals surface area contributed by atoms with Gasteiger partial charge in [-0.3, -0.25) is 10.1 Å². The Morgan fingerprint density at radius 2 is 2.00 bits per heavy atom. The molecule has 21 heavy (non-hydrogen) atoms. The van der Waals surface area contributed by atoms with Crippen molar-refractivity contribution in [3.8, 4) is 5.75 Å². The normalized spacial score (nSPS) is 10.4. The van der Waals surface area contributed by atoms with Gasteiger partial charge in [-0.05, 0) is 23.8 Å². The predicted octanol–water partition coefficient (Wildman–Crippen LogP) is 4.71. The number of non-ortho nitro benzene ring substituents is 1. The Bertz CT molecular complexity index is 679. The van der Waals surface area contributed by atoms with Crippen LogP contribution in [0.5, 0.6) is 5.75 Å². The number of hydrogen-bond acceptors (Lipinski definition) is 3. The van der Waals surface area contributed by atoms with Crippen molar-refractivity contribution in [3.05, 3.63) is 68.5 Å². The van der Waals surface area contributed by atoms with E-state index in [1.165, 1.54) is 30.3 Å². The van der Waals surface area contributed by atoms with Crippen molar-refractivity contribution in [1.29, 1.82) is 0 Å². The summed E-state index contributed by atoms with van der Waals surface area (Å²) in [5.41, 5.74) is 1.07. The van der Waals surface area contributed by atoms with Crippen molar-refractivity contribution in [3.63, 3.8) is 0 Å². The number of nitro benzene ring substituents is 1. The zero-order valence-corrected chi connectivity index (χ0v) is 12.2. The molecule has 0 atom stereocenters. The van der Waals surface area contributed by atoms with E-state index in [4.69, 9.17) is 27.9 Å². The van der Waals surface area contributed by atoms with Gasteiger partial charge in [0, 0.05) is 23.6 Å². The van der Waals surface area contributed by atoms with Crippen LogP contribution in [0, 0.1) is 15.9 Å². The number of nitro groups is 1. The molecule has 0 bridgehead atoms. The standard InChI is InChI=1S/C14H10Cl2FNO3/c15-7-9-1-4-14(13(17)5-9)21-8-10-2-3-11(18(19)20)6-12(10)16/h1-6H,7-8H2. The first-order chi connectivity index (χ1) is 10.0. The second-order valence-electron chi connectivity index (χ2n) is 4.22. The third-order valence-electron chi connectivity index (χ3n) is 2.78. The number of alkyl halides is 1. The van der Waals surface area contributed by atoms with Gasteiger partial charge >= 0.3 is 0 Å². The highest BCUT2D eigenvalue weighted by Crippen LogP contribution is 2.25. The Hall–Kier alpha value is -1.85. The predicted molar refractivity (Wildman–Crippen MR) is 78.4 cm³/mol. The molecule has 2 aromatic rings. The van der Waals surface area contributed by atoms with E-state index in [1.54, 1.807) is 6.07 Å². The minimum atomic E-state index is -0.541. The molecule has 0 saturated heterocycles. The molecule has 0 aliphatic heterocycles. The van der Waals surface area contributed by atoms with Crippen LogP contribution in [-0.4, -0.2) is 4.92 Å². The molecule has 4 nitrogen and oxygen atoms in total. The average Bonchev–Trinajstić information content (AvgIpc) is 2.46. The van der Waals surface area contributed by atoms with E-state index in [9.17, 15) is 14.5 Å². The first kappa shape index (κ1) is 15.5. The van der Waals surface area contributed by atoms with Crippen LogP contribution in [0.3, 0.4) is 0 Å². The van der Waals surface area contributed by atoms with Gasteiger partial charge in [0.2, 0.25) is 0 Å². The zero-order valence-electron chi connectivity index (χ0n) is 10.7. The summed E-state index contributed by atoms with van der Waals surface area (Å²) < 4.78 is 19.0. The molecule has 0 N–H and O–H groups in total. The third kappa shape index (κ3) is 3.83. The fourth-order valence-corrected chi connectivity index (χ4v) is 2.06. The van der Waals surface area contributed by atoms with E-state index in [-0.39, 0.29) is 28.9 Å². The smallest absolute Gasteiger partial charge is 0.270 e. The average molecular weight is 330 g/mol. The molecule has 2 aromatic carbocycles. The maximum absolute atomic E-state index is 13.7. The van der Waals surface area contributed by atoms with E-state index in [0.29, 0.717) is 11.1 Å². The molecule has 0 aliphatic carbocycles. The van der Waals surface area contributed by atoms with Crippen LogP contribution in [0.1, 0.15) is 11.1 Å². The van der Waals surface area contributed by atoms with Gasteiger partial charge < -0.3 is 4.74 Å². The Balaban J connectivity index is 2.11. The molecular weight excluding hydrogens is 320 g/mol. The summed E-state index contributed by atoms with van der Waals surface area (Å²) in [6, 6.07) is 8.45. The van der Waals surface area contributed by atoms with Gasteiger partial charge in [-0.25, -0.2) is 4.39 Å². The second-order valence-corrected chi connectivity index (χ2v) is 4.89. The molecular formula is C14H10Cl2FNO3. The van der Waals surface area contributed by atoms with Gasteiger partial charge in [0.15, 0.2) is 11.6 Å². The zero-order chi connectivity index (χ0) is 15.4. The molecule has 0 saturated carbocycles. The SMILES string of the molecule is O=[N+]([O-])c1ccc(COc2ccc(CCl)cc2F)c(Cl)c1. The third-order valence-corrected chi connectivity index (χ3v) is 3.44. The van der Waals surface area contributed by atoms with Gasteiger partial charge in [-0.15, -0.1) is 11.6 Å². The number of halogens is 3. The fourth-order valence-electron chi connectivity index (χ4n) is 1.67. The van der Waals surface area contributed by atoms with Crippen molar-refractivity contribution in [2.24, 2.45) is 0 Å². The van der Waals surface area contributed by atoms with Crippen LogP contribution in [-0.2, 0) is 12.5 Å². The van der Waals surface area contributed by atoms with E-state index < -0.39 is 10.7 Å². The molecule has 0 radical (unpaired) electrons. The highest BCUT2D eigenvalue weighted by molar-refractivity contribution is 6.31. The summed E-state index contributed by atoms with van der Waals surface area (Å²) in [7, 11) is 0. The van der Waals surface area contributed by atoms with Crippen LogP contribution < -0.4 is 4.74 Å². The van der Waals surface area contributed by atoms with Gasteiger partial charge in [-0.2, -0.15) is 0 Å². The largest absolute Gasteiger partial charge is 0.486 e. The van der Waals surface area contributed by atoms with Crippen molar-refractivity contribution in [2.75, 3.05) is 0 Å². The molecule has 110 valence electrons. The maximum atomic E-state index is 13.7. The molecule has 2 rings (SSSR count). The van der Waals surface area contributed by atoms with Crippen LogP contribution >= 0.6 is 23.2 Å². The first-order valence-electron chi connectivity index (χ1n) is 5.91. The van der Waals surface area contributed by atoms with Crippen LogP contribution in [0.4, 0.5) is 10.1 Å². The Labute approximate surface area is 130 Å². The second kappa shape index (κ2) is 6.74. The summed E-state index contributed by atoms with van der Waals surface area (Å²) in [6.45, 7) is 0.00791. The summed E-state index contributed by atoms with van der Waals surface area (Å²) in [5.74, 6) is -0.241. The topological polar surface area (TPSA) is 52.4 Å². The minimum Gasteiger partial charge on any atom is -0.486 e. The van der Waals surface area contributed by atoms with Crippen molar-refractivity contribution in [1.82, 2.24) is 0 Å². The van der Waals surface area contributed by atoms with Gasteiger partial charge in [0.05, 0.1) is 9.95 Å². The van der Waals surface area contributed by atoms with Gasteiger partial charge in [0.25, 0.3) is 5.69 Å². The Morgan fingerprint density at radius 3 is 2.57 bits per heavy atom. The summed E-state index contributed by atoms with van der Waals surface area (Å²) >= 11 is 11.5. The lowest BCUT2D eigenvalue weighted by molar-refractivity contribution is -0.384. The molecule has 0 fully saturated rings. The van der Waals surface area contributed by atoms with Gasteiger partial charge in [0.1, 0.15) is 6.61 Å². The minimum absolute atomic E-state index is 0.00791. The molecule has 0 spiro atoms. The molecule has 0 unspecified atom stereocenters. The van der Waals surface area contributed by atoms with Crippen molar-refractivity contribution >= 4 is 28.9 Å². The number of benzene rings is 2. The number of ether oxygens (including phenoxy) is 1. The lowest BCUT2D eigenvalue weighted by Crippen LogP contribution is -1.99.